The molecule has 2 amide bonds. The number of fused-ring (bicyclic) bond motifs is 1. The van der Waals surface area contributed by atoms with Crippen molar-refractivity contribution < 1.29 is 9.59 Å². The standard InChI is InChI=1S/C15H21N3O2.ClH/c1-9(8-16-3)15(20)17-10(2)11-4-5-13-12(6-11)7-14(19)18-13;/h4-6,9-10,16H,7-8H2,1-3H3,(H,17,20)(H,18,19);1H. The molecule has 21 heavy (non-hydrogen) atoms. The minimum absolute atomic E-state index is 0. The largest absolute Gasteiger partial charge is 0.349 e. The monoisotopic (exact) mass is 311 g/mol. The summed E-state index contributed by atoms with van der Waals surface area (Å²) in [7, 11) is 1.83. The van der Waals surface area contributed by atoms with Gasteiger partial charge in [-0.05, 0) is 31.2 Å². The van der Waals surface area contributed by atoms with Crippen molar-refractivity contribution in [3.8, 4) is 0 Å². The summed E-state index contributed by atoms with van der Waals surface area (Å²) < 4.78 is 0. The van der Waals surface area contributed by atoms with Crippen molar-refractivity contribution in [2.75, 3.05) is 18.9 Å². The zero-order valence-electron chi connectivity index (χ0n) is 12.5. The van der Waals surface area contributed by atoms with Crippen LogP contribution in [-0.2, 0) is 16.0 Å². The highest BCUT2D eigenvalue weighted by Crippen LogP contribution is 2.26. The molecular formula is C15H22ClN3O2. The van der Waals surface area contributed by atoms with Crippen LogP contribution < -0.4 is 16.0 Å². The summed E-state index contributed by atoms with van der Waals surface area (Å²) in [4.78, 5) is 23.3. The summed E-state index contributed by atoms with van der Waals surface area (Å²) in [5.74, 6) is -0.0156. The van der Waals surface area contributed by atoms with Crippen molar-refractivity contribution in [2.45, 2.75) is 26.3 Å². The molecule has 5 nitrogen and oxygen atoms in total. The fourth-order valence-electron chi connectivity index (χ4n) is 2.36. The van der Waals surface area contributed by atoms with Gasteiger partial charge in [-0.3, -0.25) is 9.59 Å². The van der Waals surface area contributed by atoms with Gasteiger partial charge in [0.1, 0.15) is 0 Å². The molecule has 3 N–H and O–H groups in total. The molecule has 0 radical (unpaired) electrons. The highest BCUT2D eigenvalue weighted by Gasteiger charge is 2.20. The Hall–Kier alpha value is -1.59. The molecule has 0 aromatic heterocycles. The smallest absolute Gasteiger partial charge is 0.228 e. The number of carbonyl (C=O) groups is 2. The zero-order valence-corrected chi connectivity index (χ0v) is 13.3. The first-order chi connectivity index (χ1) is 9.51. The number of halogens is 1. The van der Waals surface area contributed by atoms with E-state index >= 15 is 0 Å². The quantitative estimate of drug-likeness (QED) is 0.774. The van der Waals surface area contributed by atoms with Crippen LogP contribution in [0.4, 0.5) is 5.69 Å². The average molecular weight is 312 g/mol. The maximum atomic E-state index is 12.0. The van der Waals surface area contributed by atoms with Gasteiger partial charge in [0.05, 0.1) is 12.5 Å². The average Bonchev–Trinajstić information content (AvgIpc) is 2.77. The topological polar surface area (TPSA) is 70.2 Å². The van der Waals surface area contributed by atoms with Crippen LogP contribution >= 0.6 is 12.4 Å². The fraction of sp³-hybridized carbons (Fsp3) is 0.467. The van der Waals surface area contributed by atoms with Crippen molar-refractivity contribution in [3.05, 3.63) is 29.3 Å². The number of benzene rings is 1. The lowest BCUT2D eigenvalue weighted by atomic mass is 10.0. The van der Waals surface area contributed by atoms with E-state index in [1.54, 1.807) is 0 Å². The molecule has 6 heteroatoms. The Morgan fingerprint density at radius 2 is 2.10 bits per heavy atom. The fourth-order valence-corrected chi connectivity index (χ4v) is 2.36. The highest BCUT2D eigenvalue weighted by atomic mass is 35.5. The highest BCUT2D eigenvalue weighted by molar-refractivity contribution is 5.99. The van der Waals surface area contributed by atoms with Gasteiger partial charge in [0.2, 0.25) is 11.8 Å². The van der Waals surface area contributed by atoms with Crippen LogP contribution in [0.15, 0.2) is 18.2 Å². The van der Waals surface area contributed by atoms with Crippen molar-refractivity contribution >= 4 is 29.9 Å². The molecule has 1 aliphatic rings. The zero-order chi connectivity index (χ0) is 14.7. The summed E-state index contributed by atoms with van der Waals surface area (Å²) in [6, 6.07) is 5.76. The maximum Gasteiger partial charge on any atom is 0.228 e. The molecule has 1 heterocycles. The Balaban J connectivity index is 0.00000220. The van der Waals surface area contributed by atoms with Gasteiger partial charge in [-0.25, -0.2) is 0 Å². The van der Waals surface area contributed by atoms with Crippen LogP contribution in [0.5, 0.6) is 0 Å². The van der Waals surface area contributed by atoms with E-state index in [0.717, 1.165) is 16.8 Å². The summed E-state index contributed by atoms with van der Waals surface area (Å²) in [6.45, 7) is 4.50. The molecule has 2 rings (SSSR count). The molecular weight excluding hydrogens is 290 g/mol. The lowest BCUT2D eigenvalue weighted by Crippen LogP contribution is -2.35. The molecule has 0 fully saturated rings. The van der Waals surface area contributed by atoms with E-state index in [9.17, 15) is 9.59 Å². The third-order valence-electron chi connectivity index (χ3n) is 3.57. The predicted molar refractivity (Wildman–Crippen MR) is 85.7 cm³/mol. The number of rotatable bonds is 5. The van der Waals surface area contributed by atoms with Crippen molar-refractivity contribution in [1.82, 2.24) is 10.6 Å². The Bertz CT molecular complexity index is 534. The number of hydrogen-bond acceptors (Lipinski definition) is 3. The van der Waals surface area contributed by atoms with Crippen LogP contribution in [0, 0.1) is 5.92 Å². The van der Waals surface area contributed by atoms with Crippen LogP contribution in [0.2, 0.25) is 0 Å². The molecule has 0 aliphatic carbocycles. The number of carbonyl (C=O) groups excluding carboxylic acids is 2. The maximum absolute atomic E-state index is 12.0. The number of amides is 2. The van der Waals surface area contributed by atoms with E-state index in [1.807, 2.05) is 39.1 Å². The second-order valence-corrected chi connectivity index (χ2v) is 5.33. The molecule has 116 valence electrons. The van der Waals surface area contributed by atoms with Gasteiger partial charge >= 0.3 is 0 Å². The van der Waals surface area contributed by atoms with Gasteiger partial charge in [0.25, 0.3) is 0 Å². The van der Waals surface area contributed by atoms with Crippen molar-refractivity contribution in [3.63, 3.8) is 0 Å². The number of hydrogen-bond donors (Lipinski definition) is 3. The van der Waals surface area contributed by atoms with Crippen LogP contribution in [0.1, 0.15) is 31.0 Å². The first-order valence-corrected chi connectivity index (χ1v) is 6.89. The van der Waals surface area contributed by atoms with E-state index in [2.05, 4.69) is 16.0 Å². The van der Waals surface area contributed by atoms with Gasteiger partial charge in [-0.15, -0.1) is 12.4 Å². The van der Waals surface area contributed by atoms with Gasteiger partial charge in [-0.1, -0.05) is 19.1 Å². The second-order valence-electron chi connectivity index (χ2n) is 5.33. The van der Waals surface area contributed by atoms with Crippen molar-refractivity contribution in [1.29, 1.82) is 0 Å². The lowest BCUT2D eigenvalue weighted by Gasteiger charge is -2.18. The van der Waals surface area contributed by atoms with E-state index < -0.39 is 0 Å². The molecule has 2 unspecified atom stereocenters. The van der Waals surface area contributed by atoms with E-state index in [1.165, 1.54) is 0 Å². The first kappa shape index (κ1) is 17.5. The molecule has 1 aromatic rings. The van der Waals surface area contributed by atoms with E-state index in [-0.39, 0.29) is 36.2 Å². The van der Waals surface area contributed by atoms with Crippen molar-refractivity contribution in [2.24, 2.45) is 5.92 Å². The third kappa shape index (κ3) is 4.19. The Labute approximate surface area is 131 Å². The predicted octanol–water partition coefficient (Wildman–Crippen LogP) is 1.64. The molecule has 1 aromatic carbocycles. The normalized spacial score (nSPS) is 15.5. The summed E-state index contributed by atoms with van der Waals surface area (Å²) in [5.41, 5.74) is 2.89. The number of anilines is 1. The third-order valence-corrected chi connectivity index (χ3v) is 3.57. The lowest BCUT2D eigenvalue weighted by molar-refractivity contribution is -0.125. The Kier molecular flexibility index (Phi) is 6.18. The minimum atomic E-state index is -0.0693. The number of nitrogens with one attached hydrogen (secondary N) is 3. The minimum Gasteiger partial charge on any atom is -0.349 e. The molecule has 0 saturated carbocycles. The van der Waals surface area contributed by atoms with Gasteiger partial charge in [0, 0.05) is 18.2 Å². The SMILES string of the molecule is CNCC(C)C(=O)NC(C)c1ccc2c(c1)CC(=O)N2.Cl. The van der Waals surface area contributed by atoms with Gasteiger partial charge in [-0.2, -0.15) is 0 Å². The molecule has 1 aliphatic heterocycles. The molecule has 0 bridgehead atoms. The second kappa shape index (κ2) is 7.43. The summed E-state index contributed by atoms with van der Waals surface area (Å²) >= 11 is 0. The van der Waals surface area contributed by atoms with Crippen LogP contribution in [0.3, 0.4) is 0 Å². The van der Waals surface area contributed by atoms with Gasteiger partial charge in [0.15, 0.2) is 0 Å². The molecule has 0 spiro atoms. The van der Waals surface area contributed by atoms with E-state index in [0.29, 0.717) is 13.0 Å². The molecule has 0 saturated heterocycles. The first-order valence-electron chi connectivity index (χ1n) is 6.89. The Morgan fingerprint density at radius 3 is 2.76 bits per heavy atom. The van der Waals surface area contributed by atoms with Crippen LogP contribution in [0.25, 0.3) is 0 Å². The Morgan fingerprint density at radius 1 is 1.38 bits per heavy atom. The summed E-state index contributed by atoms with van der Waals surface area (Å²) in [5, 5.41) is 8.80. The molecule has 2 atom stereocenters. The van der Waals surface area contributed by atoms with Crippen LogP contribution in [-0.4, -0.2) is 25.4 Å². The van der Waals surface area contributed by atoms with E-state index in [4.69, 9.17) is 0 Å². The summed E-state index contributed by atoms with van der Waals surface area (Å²) in [6.07, 6.45) is 0.417. The van der Waals surface area contributed by atoms with Gasteiger partial charge < -0.3 is 16.0 Å².